The maximum Gasteiger partial charge on any atom is 0.270 e. The van der Waals surface area contributed by atoms with Crippen LogP contribution in [0.3, 0.4) is 0 Å². The third-order valence-electron chi connectivity index (χ3n) is 3.29. The third-order valence-corrected chi connectivity index (χ3v) is 3.29. The molecule has 5 heteroatoms. The van der Waals surface area contributed by atoms with Crippen molar-refractivity contribution in [3.63, 3.8) is 0 Å². The number of hydrogen-bond donors (Lipinski definition) is 1. The van der Waals surface area contributed by atoms with Crippen LogP contribution in [-0.4, -0.2) is 15.3 Å². The van der Waals surface area contributed by atoms with Crippen molar-refractivity contribution in [2.75, 3.05) is 0 Å². The molecule has 2 heterocycles. The molecular formula is C16H14FN3O. The number of aromatic nitrogens is 2. The molecule has 0 aliphatic carbocycles. The molecule has 0 radical (unpaired) electrons. The minimum absolute atomic E-state index is 0.167. The number of amides is 1. The summed E-state index contributed by atoms with van der Waals surface area (Å²) < 4.78 is 15.2. The molecule has 106 valence electrons. The molecule has 1 aromatic carbocycles. The Kier molecular flexibility index (Phi) is 3.39. The van der Waals surface area contributed by atoms with Crippen LogP contribution in [0.15, 0.2) is 48.7 Å². The molecule has 3 aromatic rings. The minimum atomic E-state index is -0.442. The first-order chi connectivity index (χ1) is 10.2. The fourth-order valence-electron chi connectivity index (χ4n) is 2.28. The van der Waals surface area contributed by atoms with Crippen molar-refractivity contribution in [2.24, 2.45) is 0 Å². The number of fused-ring (bicyclic) bond motifs is 1. The van der Waals surface area contributed by atoms with Crippen LogP contribution in [0, 0.1) is 12.7 Å². The predicted molar refractivity (Wildman–Crippen MR) is 77.5 cm³/mol. The van der Waals surface area contributed by atoms with Crippen molar-refractivity contribution < 1.29 is 9.18 Å². The van der Waals surface area contributed by atoms with Gasteiger partial charge in [-0.15, -0.1) is 0 Å². The van der Waals surface area contributed by atoms with Crippen LogP contribution in [0.2, 0.25) is 0 Å². The lowest BCUT2D eigenvalue weighted by Crippen LogP contribution is -2.25. The van der Waals surface area contributed by atoms with Crippen LogP contribution in [0.4, 0.5) is 4.39 Å². The van der Waals surface area contributed by atoms with Crippen LogP contribution >= 0.6 is 0 Å². The van der Waals surface area contributed by atoms with Gasteiger partial charge in [-0.1, -0.05) is 30.3 Å². The van der Waals surface area contributed by atoms with Crippen LogP contribution in [0.5, 0.6) is 0 Å². The first kappa shape index (κ1) is 13.3. The summed E-state index contributed by atoms with van der Waals surface area (Å²) in [5.74, 6) is -0.711. The van der Waals surface area contributed by atoms with Gasteiger partial charge in [-0.25, -0.2) is 9.37 Å². The van der Waals surface area contributed by atoms with Crippen molar-refractivity contribution in [3.8, 4) is 0 Å². The molecule has 0 saturated heterocycles. The number of carbonyl (C=O) groups excluding carboxylic acids is 1. The van der Waals surface area contributed by atoms with E-state index in [9.17, 15) is 9.18 Å². The number of carbonyl (C=O) groups is 1. The Bertz CT molecular complexity index is 796. The number of hydrogen-bond acceptors (Lipinski definition) is 2. The van der Waals surface area contributed by atoms with Gasteiger partial charge < -0.3 is 5.32 Å². The van der Waals surface area contributed by atoms with Gasteiger partial charge in [0.25, 0.3) is 5.91 Å². The van der Waals surface area contributed by atoms with E-state index in [1.807, 2.05) is 30.3 Å². The fraction of sp³-hybridized carbons (Fsp3) is 0.125. The van der Waals surface area contributed by atoms with Crippen molar-refractivity contribution in [1.82, 2.24) is 14.7 Å². The number of benzene rings is 1. The van der Waals surface area contributed by atoms with Gasteiger partial charge in [0.15, 0.2) is 11.5 Å². The topological polar surface area (TPSA) is 46.4 Å². The van der Waals surface area contributed by atoms with Crippen LogP contribution in [-0.2, 0) is 6.54 Å². The average Bonchev–Trinajstić information content (AvgIpc) is 2.84. The highest BCUT2D eigenvalue weighted by Crippen LogP contribution is 2.15. The summed E-state index contributed by atoms with van der Waals surface area (Å²) in [6.45, 7) is 2.12. The number of pyridine rings is 1. The fourth-order valence-corrected chi connectivity index (χ4v) is 2.28. The lowest BCUT2D eigenvalue weighted by Gasteiger charge is -2.06. The van der Waals surface area contributed by atoms with Gasteiger partial charge in [0.2, 0.25) is 0 Å². The Hall–Kier alpha value is -2.69. The molecule has 4 nitrogen and oxygen atoms in total. The largest absolute Gasteiger partial charge is 0.347 e. The zero-order chi connectivity index (χ0) is 14.8. The van der Waals surface area contributed by atoms with Gasteiger partial charge in [-0.3, -0.25) is 9.20 Å². The van der Waals surface area contributed by atoms with Crippen LogP contribution < -0.4 is 5.32 Å². The smallest absolute Gasteiger partial charge is 0.270 e. The molecule has 0 fully saturated rings. The molecule has 0 aliphatic heterocycles. The highest BCUT2D eigenvalue weighted by atomic mass is 19.1. The van der Waals surface area contributed by atoms with Gasteiger partial charge in [0, 0.05) is 12.7 Å². The Morgan fingerprint density at radius 3 is 2.76 bits per heavy atom. The number of rotatable bonds is 3. The molecule has 2 aromatic heterocycles. The molecular weight excluding hydrogens is 269 g/mol. The first-order valence-electron chi connectivity index (χ1n) is 6.62. The molecule has 0 atom stereocenters. The van der Waals surface area contributed by atoms with E-state index in [0.29, 0.717) is 17.9 Å². The van der Waals surface area contributed by atoms with Gasteiger partial charge in [-0.05, 0) is 24.6 Å². The molecule has 3 rings (SSSR count). The van der Waals surface area contributed by atoms with Crippen molar-refractivity contribution in [2.45, 2.75) is 13.5 Å². The van der Waals surface area contributed by atoms with E-state index in [1.54, 1.807) is 19.2 Å². The second kappa shape index (κ2) is 5.36. The van der Waals surface area contributed by atoms with Gasteiger partial charge in [0.05, 0.1) is 5.69 Å². The molecule has 1 N–H and O–H groups in total. The van der Waals surface area contributed by atoms with Gasteiger partial charge in [-0.2, -0.15) is 0 Å². The second-order valence-electron chi connectivity index (χ2n) is 4.76. The summed E-state index contributed by atoms with van der Waals surface area (Å²) in [5, 5.41) is 2.83. The monoisotopic (exact) mass is 283 g/mol. The quantitative estimate of drug-likeness (QED) is 0.803. The SMILES string of the molecule is Cc1nc2c(F)cccn2c1C(=O)NCc1ccccc1. The number of imidazole rings is 1. The predicted octanol–water partition coefficient (Wildman–Crippen LogP) is 2.71. The summed E-state index contributed by atoms with van der Waals surface area (Å²) in [4.78, 5) is 16.4. The molecule has 0 bridgehead atoms. The number of nitrogens with one attached hydrogen (secondary N) is 1. The minimum Gasteiger partial charge on any atom is -0.347 e. The lowest BCUT2D eigenvalue weighted by molar-refractivity contribution is 0.0944. The van der Waals surface area contributed by atoms with E-state index in [4.69, 9.17) is 0 Å². The summed E-state index contributed by atoms with van der Waals surface area (Å²) in [6, 6.07) is 12.5. The Morgan fingerprint density at radius 1 is 1.24 bits per heavy atom. The maximum atomic E-state index is 13.7. The zero-order valence-electron chi connectivity index (χ0n) is 11.5. The number of halogens is 1. The van der Waals surface area contributed by atoms with Crippen molar-refractivity contribution >= 4 is 11.6 Å². The summed E-state index contributed by atoms with van der Waals surface area (Å²) in [6.07, 6.45) is 1.63. The molecule has 0 saturated carbocycles. The molecule has 1 amide bonds. The average molecular weight is 283 g/mol. The Balaban J connectivity index is 1.88. The van der Waals surface area contributed by atoms with Gasteiger partial charge >= 0.3 is 0 Å². The van der Waals surface area contributed by atoms with Crippen molar-refractivity contribution in [3.05, 3.63) is 71.4 Å². The van der Waals surface area contributed by atoms with E-state index in [-0.39, 0.29) is 11.6 Å². The van der Waals surface area contributed by atoms with E-state index in [0.717, 1.165) is 5.56 Å². The highest BCUT2D eigenvalue weighted by molar-refractivity contribution is 5.94. The standard InChI is InChI=1S/C16H14FN3O/c1-11-14(20-9-5-8-13(17)15(20)19-11)16(21)18-10-12-6-3-2-4-7-12/h2-9H,10H2,1H3,(H,18,21). The van der Waals surface area contributed by atoms with Crippen molar-refractivity contribution in [1.29, 1.82) is 0 Å². The molecule has 0 aliphatic rings. The molecule has 0 unspecified atom stereocenters. The second-order valence-corrected chi connectivity index (χ2v) is 4.76. The number of nitrogens with zero attached hydrogens (tertiary/aromatic N) is 2. The maximum absolute atomic E-state index is 13.7. The normalized spacial score (nSPS) is 10.8. The Morgan fingerprint density at radius 2 is 2.00 bits per heavy atom. The van der Waals surface area contributed by atoms with Crippen LogP contribution in [0.1, 0.15) is 21.7 Å². The van der Waals surface area contributed by atoms with Crippen LogP contribution in [0.25, 0.3) is 5.65 Å². The highest BCUT2D eigenvalue weighted by Gasteiger charge is 2.17. The first-order valence-corrected chi connectivity index (χ1v) is 6.62. The summed E-state index contributed by atoms with van der Waals surface area (Å²) in [7, 11) is 0. The molecule has 21 heavy (non-hydrogen) atoms. The number of aryl methyl sites for hydroxylation is 1. The van der Waals surface area contributed by atoms with E-state index in [1.165, 1.54) is 10.5 Å². The van der Waals surface area contributed by atoms with E-state index in [2.05, 4.69) is 10.3 Å². The van der Waals surface area contributed by atoms with Gasteiger partial charge in [0.1, 0.15) is 5.69 Å². The summed E-state index contributed by atoms with van der Waals surface area (Å²) in [5.41, 5.74) is 2.04. The molecule has 0 spiro atoms. The Labute approximate surface area is 121 Å². The summed E-state index contributed by atoms with van der Waals surface area (Å²) >= 11 is 0. The lowest BCUT2D eigenvalue weighted by atomic mass is 10.2. The van der Waals surface area contributed by atoms with E-state index < -0.39 is 5.82 Å². The zero-order valence-corrected chi connectivity index (χ0v) is 11.5. The van der Waals surface area contributed by atoms with E-state index >= 15 is 0 Å². The third kappa shape index (κ3) is 2.50.